The van der Waals surface area contributed by atoms with Crippen molar-refractivity contribution in [2.75, 3.05) is 49.9 Å². The second-order valence-electron chi connectivity index (χ2n) is 10.0. The number of allylic oxidation sites excluding steroid dienone is 1. The van der Waals surface area contributed by atoms with Crippen molar-refractivity contribution in [2.45, 2.75) is 47.1 Å². The lowest BCUT2D eigenvalue weighted by Gasteiger charge is -2.21. The van der Waals surface area contributed by atoms with Gasteiger partial charge >= 0.3 is 0 Å². The standard InChI is InChI=1S/C31H40N6O3/c1-5-35(6-2)20-28(38)32-24-13-11-22(12-14-24)18-23-10-9-17-37-30(23)34-27-19-25(15-16-26(27)31(37)40)33-29(39)21-36(7-3)8-4/h11-16,18-19H,5-10,17,20-21H2,1-4H3,(H,32,38)(H,33,39)/b23-18+. The van der Waals surface area contributed by atoms with E-state index < -0.39 is 0 Å². The Balaban J connectivity index is 1.56. The van der Waals surface area contributed by atoms with Gasteiger partial charge in [0.2, 0.25) is 11.8 Å². The first-order valence-corrected chi connectivity index (χ1v) is 14.2. The summed E-state index contributed by atoms with van der Waals surface area (Å²) in [5.41, 5.74) is 3.83. The number of benzene rings is 2. The Hall–Kier alpha value is -3.82. The highest BCUT2D eigenvalue weighted by atomic mass is 16.2. The molecule has 40 heavy (non-hydrogen) atoms. The van der Waals surface area contributed by atoms with E-state index in [0.29, 0.717) is 42.0 Å². The van der Waals surface area contributed by atoms with Crippen LogP contribution in [-0.2, 0) is 16.1 Å². The van der Waals surface area contributed by atoms with Gasteiger partial charge in [-0.25, -0.2) is 4.98 Å². The van der Waals surface area contributed by atoms with E-state index in [0.717, 1.165) is 55.8 Å². The summed E-state index contributed by atoms with van der Waals surface area (Å²) in [5, 5.41) is 6.44. The molecule has 0 unspecified atom stereocenters. The van der Waals surface area contributed by atoms with Crippen molar-refractivity contribution in [2.24, 2.45) is 0 Å². The molecule has 2 amide bonds. The lowest BCUT2D eigenvalue weighted by Crippen LogP contribution is -2.33. The molecule has 212 valence electrons. The molecule has 9 nitrogen and oxygen atoms in total. The van der Waals surface area contributed by atoms with Crippen LogP contribution in [0.4, 0.5) is 11.4 Å². The summed E-state index contributed by atoms with van der Waals surface area (Å²) in [4.78, 5) is 47.2. The van der Waals surface area contributed by atoms with Gasteiger partial charge < -0.3 is 10.6 Å². The van der Waals surface area contributed by atoms with Gasteiger partial charge in [0.25, 0.3) is 5.56 Å². The molecular formula is C31H40N6O3. The van der Waals surface area contributed by atoms with Crippen LogP contribution in [-0.4, -0.2) is 70.4 Å². The van der Waals surface area contributed by atoms with Crippen LogP contribution >= 0.6 is 0 Å². The molecule has 2 heterocycles. The molecule has 0 aliphatic carbocycles. The molecule has 0 bridgehead atoms. The Kier molecular flexibility index (Phi) is 9.84. The minimum atomic E-state index is -0.0917. The largest absolute Gasteiger partial charge is 0.325 e. The molecule has 9 heteroatoms. The van der Waals surface area contributed by atoms with Gasteiger partial charge in [-0.05, 0) is 86.6 Å². The van der Waals surface area contributed by atoms with Gasteiger partial charge in [0.15, 0.2) is 0 Å². The molecule has 0 saturated heterocycles. The van der Waals surface area contributed by atoms with Crippen molar-refractivity contribution >= 4 is 45.7 Å². The zero-order chi connectivity index (χ0) is 28.6. The molecule has 0 atom stereocenters. The predicted octanol–water partition coefficient (Wildman–Crippen LogP) is 4.29. The Morgan fingerprint density at radius 1 is 0.875 bits per heavy atom. The molecular weight excluding hydrogens is 504 g/mol. The van der Waals surface area contributed by atoms with Gasteiger partial charge in [-0.2, -0.15) is 0 Å². The molecule has 1 aromatic heterocycles. The maximum atomic E-state index is 13.4. The molecule has 4 rings (SSSR count). The monoisotopic (exact) mass is 544 g/mol. The minimum Gasteiger partial charge on any atom is -0.325 e. The predicted molar refractivity (Wildman–Crippen MR) is 162 cm³/mol. The number of hydrogen-bond acceptors (Lipinski definition) is 6. The number of nitrogens with zero attached hydrogens (tertiary/aromatic N) is 4. The van der Waals surface area contributed by atoms with Crippen LogP contribution in [0, 0.1) is 0 Å². The lowest BCUT2D eigenvalue weighted by atomic mass is 10.0. The highest BCUT2D eigenvalue weighted by Gasteiger charge is 2.19. The number of fused-ring (bicyclic) bond motifs is 2. The first-order chi connectivity index (χ1) is 19.3. The topological polar surface area (TPSA) is 99.6 Å². The quantitative estimate of drug-likeness (QED) is 0.374. The van der Waals surface area contributed by atoms with E-state index in [1.807, 2.05) is 56.9 Å². The van der Waals surface area contributed by atoms with Crippen LogP contribution in [0.5, 0.6) is 0 Å². The third-order valence-corrected chi connectivity index (χ3v) is 7.41. The molecule has 0 fully saturated rings. The SMILES string of the molecule is CCN(CC)CC(=O)Nc1ccc(/C=C2\CCCn3c2nc2cc(NC(=O)CN(CC)CC)ccc2c3=O)cc1. The fourth-order valence-electron chi connectivity index (χ4n) is 4.99. The number of amides is 2. The van der Waals surface area contributed by atoms with E-state index in [2.05, 4.69) is 21.6 Å². The third kappa shape index (κ3) is 7.03. The highest BCUT2D eigenvalue weighted by molar-refractivity contribution is 5.95. The van der Waals surface area contributed by atoms with E-state index in [-0.39, 0.29) is 17.4 Å². The van der Waals surface area contributed by atoms with Gasteiger partial charge in [-0.1, -0.05) is 39.8 Å². The Labute approximate surface area is 235 Å². The van der Waals surface area contributed by atoms with Crippen LogP contribution in [0.15, 0.2) is 47.3 Å². The highest BCUT2D eigenvalue weighted by Crippen LogP contribution is 2.28. The summed E-state index contributed by atoms with van der Waals surface area (Å²) in [6.45, 7) is 12.7. The molecule has 0 spiro atoms. The first kappa shape index (κ1) is 29.2. The van der Waals surface area contributed by atoms with Gasteiger partial charge in [-0.15, -0.1) is 0 Å². The number of carbonyl (C=O) groups is 2. The molecule has 0 radical (unpaired) electrons. The Morgan fingerprint density at radius 2 is 1.45 bits per heavy atom. The fraction of sp³-hybridized carbons (Fsp3) is 0.419. The Morgan fingerprint density at radius 3 is 2.05 bits per heavy atom. The molecule has 1 aliphatic rings. The van der Waals surface area contributed by atoms with E-state index in [9.17, 15) is 14.4 Å². The lowest BCUT2D eigenvalue weighted by molar-refractivity contribution is -0.118. The van der Waals surface area contributed by atoms with Crippen LogP contribution in [0.3, 0.4) is 0 Å². The van der Waals surface area contributed by atoms with E-state index in [4.69, 9.17) is 4.98 Å². The minimum absolute atomic E-state index is 0.0323. The summed E-state index contributed by atoms with van der Waals surface area (Å²) >= 11 is 0. The summed E-state index contributed by atoms with van der Waals surface area (Å²) in [5.74, 6) is 0.535. The number of carbonyl (C=O) groups excluding carboxylic acids is 2. The number of aromatic nitrogens is 2. The molecule has 3 aromatic rings. The van der Waals surface area contributed by atoms with Crippen molar-refractivity contribution in [3.63, 3.8) is 0 Å². The average molecular weight is 545 g/mol. The second kappa shape index (κ2) is 13.5. The van der Waals surface area contributed by atoms with Gasteiger partial charge in [0, 0.05) is 17.9 Å². The van der Waals surface area contributed by atoms with Crippen LogP contribution in [0.2, 0.25) is 0 Å². The molecule has 1 aliphatic heterocycles. The number of hydrogen-bond donors (Lipinski definition) is 2. The molecule has 0 saturated carbocycles. The maximum Gasteiger partial charge on any atom is 0.261 e. The summed E-state index contributed by atoms with van der Waals surface area (Å²) in [6, 6.07) is 13.0. The second-order valence-corrected chi connectivity index (χ2v) is 10.0. The van der Waals surface area contributed by atoms with Crippen LogP contribution < -0.4 is 16.2 Å². The number of anilines is 2. The van der Waals surface area contributed by atoms with Crippen molar-refractivity contribution in [1.29, 1.82) is 0 Å². The van der Waals surface area contributed by atoms with E-state index in [1.54, 1.807) is 22.8 Å². The number of rotatable bonds is 11. The summed E-state index contributed by atoms with van der Waals surface area (Å²) in [7, 11) is 0. The fourth-order valence-corrected chi connectivity index (χ4v) is 4.99. The maximum absolute atomic E-state index is 13.4. The first-order valence-electron chi connectivity index (χ1n) is 14.2. The molecule has 2 aromatic carbocycles. The van der Waals surface area contributed by atoms with Crippen molar-refractivity contribution < 1.29 is 9.59 Å². The van der Waals surface area contributed by atoms with Crippen molar-refractivity contribution in [3.8, 4) is 0 Å². The van der Waals surface area contributed by atoms with Gasteiger partial charge in [0.05, 0.1) is 24.0 Å². The summed E-state index contributed by atoms with van der Waals surface area (Å²) in [6.07, 6.45) is 3.71. The van der Waals surface area contributed by atoms with Crippen LogP contribution in [0.25, 0.3) is 22.6 Å². The normalized spacial score (nSPS) is 14.1. The number of likely N-dealkylation sites (N-methyl/N-ethyl adjacent to an activating group) is 2. The van der Waals surface area contributed by atoms with Crippen molar-refractivity contribution in [3.05, 3.63) is 64.2 Å². The summed E-state index contributed by atoms with van der Waals surface area (Å²) < 4.78 is 1.75. The van der Waals surface area contributed by atoms with Crippen LogP contribution in [0.1, 0.15) is 51.9 Å². The zero-order valence-electron chi connectivity index (χ0n) is 24.0. The zero-order valence-corrected chi connectivity index (χ0v) is 24.0. The number of nitrogens with one attached hydrogen (secondary N) is 2. The van der Waals surface area contributed by atoms with Crippen molar-refractivity contribution in [1.82, 2.24) is 19.4 Å². The van der Waals surface area contributed by atoms with Gasteiger partial charge in [0.1, 0.15) is 5.82 Å². The van der Waals surface area contributed by atoms with Gasteiger partial charge in [-0.3, -0.25) is 28.8 Å². The van der Waals surface area contributed by atoms with E-state index in [1.165, 1.54) is 0 Å². The smallest absolute Gasteiger partial charge is 0.261 e. The van der Waals surface area contributed by atoms with E-state index >= 15 is 0 Å². The Bertz CT molecular complexity index is 1440. The molecule has 2 N–H and O–H groups in total. The average Bonchev–Trinajstić information content (AvgIpc) is 2.96. The third-order valence-electron chi connectivity index (χ3n) is 7.41.